The number of benzene rings is 2. The lowest BCUT2D eigenvalue weighted by Gasteiger charge is -2.32. The van der Waals surface area contributed by atoms with Crippen molar-refractivity contribution in [3.63, 3.8) is 0 Å². The second-order valence-corrected chi connectivity index (χ2v) is 6.93. The summed E-state index contributed by atoms with van der Waals surface area (Å²) in [5.74, 6) is 1.01. The van der Waals surface area contributed by atoms with Crippen molar-refractivity contribution in [2.75, 3.05) is 32.8 Å². The van der Waals surface area contributed by atoms with Crippen molar-refractivity contribution in [3.8, 4) is 5.75 Å². The van der Waals surface area contributed by atoms with Gasteiger partial charge in [-0.05, 0) is 45.4 Å². The Hall–Kier alpha value is -1.84. The molecule has 3 heteroatoms. The van der Waals surface area contributed by atoms with Crippen molar-refractivity contribution in [1.29, 1.82) is 0 Å². The lowest BCUT2D eigenvalue weighted by atomic mass is 9.93. The van der Waals surface area contributed by atoms with Gasteiger partial charge in [0.05, 0.1) is 12.6 Å². The number of hydrogen-bond acceptors (Lipinski definition) is 3. The van der Waals surface area contributed by atoms with Gasteiger partial charge in [-0.25, -0.2) is 0 Å². The normalized spacial score (nSPS) is 17.1. The van der Waals surface area contributed by atoms with Crippen LogP contribution in [-0.4, -0.2) is 37.7 Å². The fourth-order valence-corrected chi connectivity index (χ4v) is 3.87. The van der Waals surface area contributed by atoms with Crippen LogP contribution in [0.4, 0.5) is 0 Å². The van der Waals surface area contributed by atoms with Crippen molar-refractivity contribution in [2.24, 2.45) is 0 Å². The molecular weight excluding hydrogens is 308 g/mol. The van der Waals surface area contributed by atoms with Gasteiger partial charge < -0.3 is 10.1 Å². The minimum absolute atomic E-state index is 0.237. The second-order valence-electron chi connectivity index (χ2n) is 6.93. The number of rotatable bonds is 5. The zero-order chi connectivity index (χ0) is 17.6. The highest BCUT2D eigenvalue weighted by atomic mass is 16.5. The Balaban J connectivity index is 2.08. The summed E-state index contributed by atoms with van der Waals surface area (Å²) in [5.41, 5.74) is 5.28. The van der Waals surface area contributed by atoms with Gasteiger partial charge in [-0.15, -0.1) is 0 Å². The van der Waals surface area contributed by atoms with E-state index in [4.69, 9.17) is 4.74 Å². The Morgan fingerprint density at radius 1 is 1.04 bits per heavy atom. The zero-order valence-corrected chi connectivity index (χ0v) is 15.7. The largest absolute Gasteiger partial charge is 0.494 e. The van der Waals surface area contributed by atoms with E-state index in [1.54, 1.807) is 0 Å². The Labute approximate surface area is 152 Å². The molecule has 25 heavy (non-hydrogen) atoms. The minimum atomic E-state index is 0.237. The predicted molar refractivity (Wildman–Crippen MR) is 104 cm³/mol. The molecule has 134 valence electrons. The second kappa shape index (κ2) is 8.50. The van der Waals surface area contributed by atoms with Crippen molar-refractivity contribution >= 4 is 0 Å². The standard InChI is InChI=1S/C22H30N2O/c1-4-25-21-9-6-5-8-20(21)22(24-12-7-10-23-11-13-24)19-15-17(2)14-18(3)16-19/h5-6,8-9,14-16,22-23H,4,7,10-13H2,1-3H3. The first-order valence-electron chi connectivity index (χ1n) is 9.43. The quantitative estimate of drug-likeness (QED) is 0.889. The van der Waals surface area contributed by atoms with E-state index < -0.39 is 0 Å². The van der Waals surface area contributed by atoms with Gasteiger partial charge in [0.2, 0.25) is 0 Å². The molecule has 0 bridgehead atoms. The molecule has 1 saturated heterocycles. The first-order chi connectivity index (χ1) is 12.2. The van der Waals surface area contributed by atoms with Gasteiger partial charge in [0, 0.05) is 25.2 Å². The van der Waals surface area contributed by atoms with Crippen molar-refractivity contribution in [3.05, 3.63) is 64.7 Å². The van der Waals surface area contributed by atoms with Crippen LogP contribution in [0.1, 0.15) is 41.6 Å². The summed E-state index contributed by atoms with van der Waals surface area (Å²) >= 11 is 0. The van der Waals surface area contributed by atoms with Gasteiger partial charge in [0.1, 0.15) is 5.75 Å². The molecule has 0 aliphatic carbocycles. The fraction of sp³-hybridized carbons (Fsp3) is 0.455. The molecule has 1 atom stereocenters. The van der Waals surface area contributed by atoms with E-state index in [2.05, 4.69) is 73.5 Å². The number of nitrogens with one attached hydrogen (secondary N) is 1. The molecule has 1 unspecified atom stereocenters. The summed E-state index contributed by atoms with van der Waals surface area (Å²) in [5, 5.41) is 3.52. The van der Waals surface area contributed by atoms with Gasteiger partial charge in [0.15, 0.2) is 0 Å². The maximum Gasteiger partial charge on any atom is 0.124 e. The van der Waals surface area contributed by atoms with Crippen LogP contribution >= 0.6 is 0 Å². The molecule has 0 radical (unpaired) electrons. The first-order valence-corrected chi connectivity index (χ1v) is 9.43. The van der Waals surface area contributed by atoms with E-state index in [1.807, 2.05) is 0 Å². The maximum absolute atomic E-state index is 5.98. The first kappa shape index (κ1) is 18.0. The van der Waals surface area contributed by atoms with Crippen molar-refractivity contribution in [2.45, 2.75) is 33.2 Å². The summed E-state index contributed by atoms with van der Waals surface area (Å²) in [6.07, 6.45) is 1.18. The summed E-state index contributed by atoms with van der Waals surface area (Å²) in [6.45, 7) is 11.4. The monoisotopic (exact) mass is 338 g/mol. The van der Waals surface area contributed by atoms with Gasteiger partial charge in [-0.1, -0.05) is 47.5 Å². The lowest BCUT2D eigenvalue weighted by Crippen LogP contribution is -2.33. The Morgan fingerprint density at radius 2 is 1.80 bits per heavy atom. The van der Waals surface area contributed by atoms with Crippen molar-refractivity contribution < 1.29 is 4.74 Å². The summed E-state index contributed by atoms with van der Waals surface area (Å²) in [7, 11) is 0. The Morgan fingerprint density at radius 3 is 2.56 bits per heavy atom. The molecule has 3 rings (SSSR count). The van der Waals surface area contributed by atoms with E-state index in [9.17, 15) is 0 Å². The maximum atomic E-state index is 5.98. The molecule has 1 heterocycles. The third-order valence-electron chi connectivity index (χ3n) is 4.81. The molecule has 2 aromatic rings. The van der Waals surface area contributed by atoms with Crippen LogP contribution < -0.4 is 10.1 Å². The molecule has 1 fully saturated rings. The average Bonchev–Trinajstić information content (AvgIpc) is 2.85. The number of ether oxygens (including phenoxy) is 1. The highest BCUT2D eigenvalue weighted by molar-refractivity contribution is 5.43. The number of aryl methyl sites for hydroxylation is 2. The molecule has 3 nitrogen and oxygen atoms in total. The Bertz CT molecular complexity index is 670. The Kier molecular flexibility index (Phi) is 6.11. The SMILES string of the molecule is CCOc1ccccc1C(c1cc(C)cc(C)c1)N1CCCNCC1. The van der Waals surface area contributed by atoms with E-state index in [-0.39, 0.29) is 6.04 Å². The van der Waals surface area contributed by atoms with Crippen LogP contribution in [0.2, 0.25) is 0 Å². The molecule has 1 N–H and O–H groups in total. The summed E-state index contributed by atoms with van der Waals surface area (Å²) in [6, 6.07) is 15.7. The van der Waals surface area contributed by atoms with E-state index in [0.717, 1.165) is 31.9 Å². The summed E-state index contributed by atoms with van der Waals surface area (Å²) < 4.78 is 5.98. The van der Waals surface area contributed by atoms with Gasteiger partial charge in [0.25, 0.3) is 0 Å². The van der Waals surface area contributed by atoms with E-state index in [1.165, 1.54) is 28.7 Å². The zero-order valence-electron chi connectivity index (χ0n) is 15.7. The van der Waals surface area contributed by atoms with E-state index in [0.29, 0.717) is 6.61 Å². The topological polar surface area (TPSA) is 24.5 Å². The molecule has 0 spiro atoms. The smallest absolute Gasteiger partial charge is 0.124 e. The number of hydrogen-bond donors (Lipinski definition) is 1. The molecule has 1 aliphatic rings. The average molecular weight is 338 g/mol. The molecule has 0 amide bonds. The third-order valence-corrected chi connectivity index (χ3v) is 4.81. The van der Waals surface area contributed by atoms with Crippen LogP contribution in [0.25, 0.3) is 0 Å². The van der Waals surface area contributed by atoms with E-state index >= 15 is 0 Å². The van der Waals surface area contributed by atoms with Crippen LogP contribution in [0, 0.1) is 13.8 Å². The van der Waals surface area contributed by atoms with Crippen LogP contribution in [0.5, 0.6) is 5.75 Å². The lowest BCUT2D eigenvalue weighted by molar-refractivity contribution is 0.233. The van der Waals surface area contributed by atoms with Crippen LogP contribution in [0.3, 0.4) is 0 Å². The number of para-hydroxylation sites is 1. The highest BCUT2D eigenvalue weighted by Gasteiger charge is 2.26. The van der Waals surface area contributed by atoms with Gasteiger partial charge >= 0.3 is 0 Å². The summed E-state index contributed by atoms with van der Waals surface area (Å²) in [4.78, 5) is 2.60. The van der Waals surface area contributed by atoms with Gasteiger partial charge in [-0.2, -0.15) is 0 Å². The minimum Gasteiger partial charge on any atom is -0.494 e. The molecule has 1 aliphatic heterocycles. The molecular formula is C22H30N2O. The number of nitrogens with zero attached hydrogens (tertiary/aromatic N) is 1. The van der Waals surface area contributed by atoms with Crippen LogP contribution in [0.15, 0.2) is 42.5 Å². The fourth-order valence-electron chi connectivity index (χ4n) is 3.87. The van der Waals surface area contributed by atoms with Gasteiger partial charge in [-0.3, -0.25) is 4.90 Å². The van der Waals surface area contributed by atoms with Crippen molar-refractivity contribution in [1.82, 2.24) is 10.2 Å². The van der Waals surface area contributed by atoms with Crippen LogP contribution in [-0.2, 0) is 0 Å². The molecule has 0 saturated carbocycles. The molecule has 0 aromatic heterocycles. The third kappa shape index (κ3) is 4.42. The molecule has 2 aromatic carbocycles. The highest BCUT2D eigenvalue weighted by Crippen LogP contribution is 2.35. The predicted octanol–water partition coefficient (Wildman–Crippen LogP) is 4.09.